The highest BCUT2D eigenvalue weighted by molar-refractivity contribution is 7.85. The lowest BCUT2D eigenvalue weighted by Gasteiger charge is -2.05. The predicted molar refractivity (Wildman–Crippen MR) is 59.4 cm³/mol. The summed E-state index contributed by atoms with van der Waals surface area (Å²) in [4.78, 5) is 4.24. The first kappa shape index (κ1) is 9.15. The molecule has 0 aliphatic rings. The largest absolute Gasteiger partial charge is 0.303 e. The number of hydrogen-bond donors (Lipinski definition) is 1. The van der Waals surface area contributed by atoms with Crippen LogP contribution in [0.2, 0.25) is 0 Å². The molecule has 0 aliphatic heterocycles. The molecule has 2 aromatic rings. The molecular formula is C10H10N2OS. The molecule has 0 saturated carbocycles. The second kappa shape index (κ2) is 3.75. The normalized spacial score (nSPS) is 12.6. The fourth-order valence-electron chi connectivity index (χ4n) is 1.34. The van der Waals surface area contributed by atoms with E-state index in [1.54, 1.807) is 12.5 Å². The average molecular weight is 206 g/mol. The molecule has 0 amide bonds. The quantitative estimate of drug-likeness (QED) is 0.816. The third-order valence-electron chi connectivity index (χ3n) is 1.89. The van der Waals surface area contributed by atoms with Gasteiger partial charge in [-0.1, -0.05) is 18.2 Å². The molecule has 1 aromatic heterocycles. The van der Waals surface area contributed by atoms with E-state index in [0.29, 0.717) is 0 Å². The molecular weight excluding hydrogens is 196 g/mol. The van der Waals surface area contributed by atoms with Gasteiger partial charge in [0, 0.05) is 17.8 Å². The van der Waals surface area contributed by atoms with Crippen molar-refractivity contribution in [2.24, 2.45) is 0 Å². The van der Waals surface area contributed by atoms with Gasteiger partial charge in [0.05, 0.1) is 11.2 Å². The van der Waals surface area contributed by atoms with Crippen molar-refractivity contribution in [1.29, 1.82) is 0 Å². The Morgan fingerprint density at radius 3 is 2.86 bits per heavy atom. The lowest BCUT2D eigenvalue weighted by molar-refractivity contribution is 0.690. The van der Waals surface area contributed by atoms with E-state index in [1.165, 1.54) is 0 Å². The molecule has 1 unspecified atom stereocenters. The van der Waals surface area contributed by atoms with Gasteiger partial charge in [0.25, 0.3) is 0 Å². The van der Waals surface area contributed by atoms with Crippen LogP contribution >= 0.6 is 0 Å². The first-order valence-electron chi connectivity index (χ1n) is 4.21. The van der Waals surface area contributed by atoms with E-state index in [0.717, 1.165) is 16.6 Å². The zero-order valence-corrected chi connectivity index (χ0v) is 8.54. The van der Waals surface area contributed by atoms with Gasteiger partial charge in [0.1, 0.15) is 11.0 Å². The highest BCUT2D eigenvalue weighted by Crippen LogP contribution is 2.20. The van der Waals surface area contributed by atoms with Gasteiger partial charge in [0.15, 0.2) is 0 Å². The standard InChI is InChI=1S/C10H10N2OS/c1-14(13)12-9-6-2-4-8-5-3-7-11-10(8)9/h2-7,12H,1H3. The summed E-state index contributed by atoms with van der Waals surface area (Å²) < 4.78 is 13.9. The lowest BCUT2D eigenvalue weighted by Crippen LogP contribution is -2.01. The van der Waals surface area contributed by atoms with E-state index in [2.05, 4.69) is 9.71 Å². The fraction of sp³-hybridized carbons (Fsp3) is 0.100. The van der Waals surface area contributed by atoms with E-state index in [-0.39, 0.29) is 0 Å². The molecule has 1 heterocycles. The Morgan fingerprint density at radius 1 is 1.29 bits per heavy atom. The molecule has 0 bridgehead atoms. The molecule has 0 aliphatic carbocycles. The summed E-state index contributed by atoms with van der Waals surface area (Å²) in [5.74, 6) is 0. The second-order valence-electron chi connectivity index (χ2n) is 2.94. The van der Waals surface area contributed by atoms with Gasteiger partial charge in [0.2, 0.25) is 0 Å². The van der Waals surface area contributed by atoms with Crippen molar-refractivity contribution in [2.45, 2.75) is 0 Å². The van der Waals surface area contributed by atoms with Crippen LogP contribution in [0.3, 0.4) is 0 Å². The van der Waals surface area contributed by atoms with Gasteiger partial charge in [-0.15, -0.1) is 0 Å². The van der Waals surface area contributed by atoms with Gasteiger partial charge >= 0.3 is 0 Å². The zero-order valence-electron chi connectivity index (χ0n) is 7.73. The van der Waals surface area contributed by atoms with Crippen molar-refractivity contribution in [3.63, 3.8) is 0 Å². The lowest BCUT2D eigenvalue weighted by atomic mass is 10.2. The monoisotopic (exact) mass is 206 g/mol. The number of hydrogen-bond acceptors (Lipinski definition) is 2. The minimum atomic E-state index is -1.06. The third-order valence-corrected chi connectivity index (χ3v) is 2.39. The maximum absolute atomic E-state index is 11.0. The van der Waals surface area contributed by atoms with Crippen molar-refractivity contribution in [3.05, 3.63) is 36.5 Å². The number of anilines is 1. The van der Waals surface area contributed by atoms with E-state index < -0.39 is 11.0 Å². The summed E-state index contributed by atoms with van der Waals surface area (Å²) in [6.07, 6.45) is 3.33. The van der Waals surface area contributed by atoms with Crippen LogP contribution in [0.25, 0.3) is 10.9 Å². The number of fused-ring (bicyclic) bond motifs is 1. The van der Waals surface area contributed by atoms with Gasteiger partial charge < -0.3 is 4.72 Å². The Bertz CT molecular complexity index is 479. The van der Waals surface area contributed by atoms with Gasteiger partial charge in [-0.2, -0.15) is 0 Å². The number of benzene rings is 1. The van der Waals surface area contributed by atoms with Crippen LogP contribution in [-0.4, -0.2) is 15.4 Å². The summed E-state index contributed by atoms with van der Waals surface area (Å²) in [5, 5.41) is 1.04. The summed E-state index contributed by atoms with van der Waals surface area (Å²) in [5.41, 5.74) is 1.66. The molecule has 3 nitrogen and oxygen atoms in total. The van der Waals surface area contributed by atoms with Crippen molar-refractivity contribution >= 4 is 27.6 Å². The predicted octanol–water partition coefficient (Wildman–Crippen LogP) is 1.94. The Kier molecular flexibility index (Phi) is 2.45. The van der Waals surface area contributed by atoms with Crippen LogP contribution in [0.1, 0.15) is 0 Å². The van der Waals surface area contributed by atoms with Crippen LogP contribution < -0.4 is 4.72 Å². The van der Waals surface area contributed by atoms with Crippen LogP contribution in [-0.2, 0) is 11.0 Å². The van der Waals surface area contributed by atoms with Gasteiger partial charge in [-0.25, -0.2) is 4.21 Å². The molecule has 2 rings (SSSR count). The number of pyridine rings is 1. The molecule has 0 fully saturated rings. The summed E-state index contributed by atoms with van der Waals surface area (Å²) >= 11 is 0. The fourth-order valence-corrected chi connectivity index (χ4v) is 1.82. The van der Waals surface area contributed by atoms with E-state index >= 15 is 0 Å². The first-order chi connectivity index (χ1) is 6.77. The highest BCUT2D eigenvalue weighted by Gasteiger charge is 2.01. The van der Waals surface area contributed by atoms with E-state index in [1.807, 2.05) is 30.3 Å². The molecule has 14 heavy (non-hydrogen) atoms. The van der Waals surface area contributed by atoms with Gasteiger partial charge in [-0.05, 0) is 12.1 Å². The molecule has 72 valence electrons. The maximum Gasteiger partial charge on any atom is 0.114 e. The summed E-state index contributed by atoms with van der Waals surface area (Å²) in [6.45, 7) is 0. The minimum absolute atomic E-state index is 0.809. The second-order valence-corrected chi connectivity index (χ2v) is 4.05. The van der Waals surface area contributed by atoms with E-state index in [9.17, 15) is 4.21 Å². The topological polar surface area (TPSA) is 42.0 Å². The number of nitrogens with zero attached hydrogens (tertiary/aromatic N) is 1. The molecule has 1 atom stereocenters. The van der Waals surface area contributed by atoms with Crippen molar-refractivity contribution < 1.29 is 4.21 Å². The zero-order chi connectivity index (χ0) is 9.97. The number of nitrogens with one attached hydrogen (secondary N) is 1. The van der Waals surface area contributed by atoms with Crippen LogP contribution in [0.15, 0.2) is 36.5 Å². The first-order valence-corrected chi connectivity index (χ1v) is 5.77. The molecule has 1 N–H and O–H groups in total. The average Bonchev–Trinajstić information content (AvgIpc) is 2.18. The Labute approximate surface area is 84.8 Å². The van der Waals surface area contributed by atoms with Gasteiger partial charge in [-0.3, -0.25) is 4.98 Å². The van der Waals surface area contributed by atoms with Crippen molar-refractivity contribution in [2.75, 3.05) is 11.0 Å². The van der Waals surface area contributed by atoms with E-state index in [4.69, 9.17) is 0 Å². The Balaban J connectivity index is 2.59. The number of aromatic nitrogens is 1. The van der Waals surface area contributed by atoms with Crippen LogP contribution in [0.5, 0.6) is 0 Å². The molecule has 0 radical (unpaired) electrons. The SMILES string of the molecule is CS(=O)Nc1cccc2cccnc12. The Morgan fingerprint density at radius 2 is 2.07 bits per heavy atom. The van der Waals surface area contributed by atoms with Crippen molar-refractivity contribution in [1.82, 2.24) is 4.98 Å². The summed E-state index contributed by atoms with van der Waals surface area (Å²) in [7, 11) is -1.06. The minimum Gasteiger partial charge on any atom is -0.303 e. The smallest absolute Gasteiger partial charge is 0.114 e. The Hall–Kier alpha value is -1.42. The highest BCUT2D eigenvalue weighted by atomic mass is 32.2. The molecule has 0 spiro atoms. The molecule has 0 saturated heterocycles. The van der Waals surface area contributed by atoms with Crippen LogP contribution in [0, 0.1) is 0 Å². The molecule has 1 aromatic carbocycles. The number of para-hydroxylation sites is 1. The number of rotatable bonds is 2. The van der Waals surface area contributed by atoms with Crippen molar-refractivity contribution in [3.8, 4) is 0 Å². The maximum atomic E-state index is 11.0. The molecule has 4 heteroatoms. The summed E-state index contributed by atoms with van der Waals surface area (Å²) in [6, 6.07) is 9.63. The van der Waals surface area contributed by atoms with Crippen LogP contribution in [0.4, 0.5) is 5.69 Å². The third kappa shape index (κ3) is 1.75.